The smallest absolute Gasteiger partial charge is 0.326 e. The number of aliphatic carboxylic acids is 1. The third-order valence-electron chi connectivity index (χ3n) is 3.98. The van der Waals surface area contributed by atoms with Gasteiger partial charge in [0.15, 0.2) is 0 Å². The number of hydrogen-bond acceptors (Lipinski definition) is 4. The Hall–Kier alpha value is -1.93. The summed E-state index contributed by atoms with van der Waals surface area (Å²) in [4.78, 5) is 36.7. The summed E-state index contributed by atoms with van der Waals surface area (Å²) in [5.74, 6) is -2.06. The van der Waals surface area contributed by atoms with Crippen LogP contribution in [-0.2, 0) is 20.8 Å². The molecule has 2 amide bonds. The lowest BCUT2D eigenvalue weighted by atomic mass is 10.1. The van der Waals surface area contributed by atoms with Crippen LogP contribution in [0, 0.1) is 0 Å². The number of rotatable bonds is 5. The highest BCUT2D eigenvalue weighted by Crippen LogP contribution is 2.20. The summed E-state index contributed by atoms with van der Waals surface area (Å²) < 4.78 is 0.757. The summed E-state index contributed by atoms with van der Waals surface area (Å²) in [6.45, 7) is 1.39. The zero-order valence-corrected chi connectivity index (χ0v) is 14.7. The summed E-state index contributed by atoms with van der Waals surface area (Å²) in [5.41, 5.74) is 0.750. The number of carboxylic acid groups (broad SMARTS) is 1. The van der Waals surface area contributed by atoms with Crippen LogP contribution in [0.1, 0.15) is 18.9 Å². The van der Waals surface area contributed by atoms with Crippen LogP contribution >= 0.6 is 15.9 Å². The molecular weight excluding hydrogens is 380 g/mol. The molecule has 7 nitrogen and oxygen atoms in total. The molecule has 8 heteroatoms. The van der Waals surface area contributed by atoms with Gasteiger partial charge in [0, 0.05) is 30.8 Å². The highest BCUT2D eigenvalue weighted by atomic mass is 79.9. The van der Waals surface area contributed by atoms with Gasteiger partial charge in [0.1, 0.15) is 12.1 Å². The van der Waals surface area contributed by atoms with Gasteiger partial charge in [-0.1, -0.05) is 34.1 Å². The molecule has 0 unspecified atom stereocenters. The van der Waals surface area contributed by atoms with Crippen LogP contribution in [0.25, 0.3) is 0 Å². The summed E-state index contributed by atoms with van der Waals surface area (Å²) in [7, 11) is 0. The Balaban J connectivity index is 2.10. The summed E-state index contributed by atoms with van der Waals surface area (Å²) in [5, 5.41) is 21.5. The monoisotopic (exact) mass is 398 g/mol. The average molecular weight is 399 g/mol. The van der Waals surface area contributed by atoms with E-state index in [1.54, 1.807) is 18.2 Å². The number of likely N-dealkylation sites (tertiary alicyclic amines) is 1. The molecule has 3 atom stereocenters. The molecule has 1 aromatic carbocycles. The number of aliphatic hydroxyl groups excluding tert-OH is 1. The van der Waals surface area contributed by atoms with Gasteiger partial charge in [-0.3, -0.25) is 9.59 Å². The van der Waals surface area contributed by atoms with E-state index in [0.717, 1.165) is 10.0 Å². The molecule has 0 spiro atoms. The number of nitrogens with zero attached hydrogens (tertiary/aromatic N) is 1. The number of hydrogen-bond donors (Lipinski definition) is 3. The van der Waals surface area contributed by atoms with Gasteiger partial charge in [0.25, 0.3) is 0 Å². The van der Waals surface area contributed by atoms with Crippen LogP contribution < -0.4 is 5.32 Å². The Bertz CT molecular complexity index is 651. The van der Waals surface area contributed by atoms with Gasteiger partial charge < -0.3 is 20.4 Å². The van der Waals surface area contributed by atoms with Crippen LogP contribution in [0.15, 0.2) is 28.7 Å². The van der Waals surface area contributed by atoms with Crippen molar-refractivity contribution >= 4 is 33.7 Å². The van der Waals surface area contributed by atoms with Crippen LogP contribution in [0.4, 0.5) is 0 Å². The number of amides is 2. The molecule has 1 aliphatic heterocycles. The first kappa shape index (κ1) is 18.4. The van der Waals surface area contributed by atoms with Crippen molar-refractivity contribution in [2.45, 2.75) is 38.0 Å². The molecule has 1 saturated heterocycles. The van der Waals surface area contributed by atoms with Gasteiger partial charge in [0.2, 0.25) is 11.8 Å². The first-order valence-corrected chi connectivity index (χ1v) is 8.30. The van der Waals surface area contributed by atoms with Crippen LogP contribution in [0.3, 0.4) is 0 Å². The topological polar surface area (TPSA) is 107 Å². The predicted molar refractivity (Wildman–Crippen MR) is 89.2 cm³/mol. The lowest BCUT2D eigenvalue weighted by Gasteiger charge is -2.24. The SMILES string of the molecule is CC(=O)N1C[C@H](O)C[C@H]1C(=O)N[C@H](Cc1ccccc1Br)C(=O)O. The van der Waals surface area contributed by atoms with Crippen LogP contribution in [0.5, 0.6) is 0 Å². The van der Waals surface area contributed by atoms with Crippen molar-refractivity contribution in [3.63, 3.8) is 0 Å². The van der Waals surface area contributed by atoms with Crippen molar-refractivity contribution in [1.29, 1.82) is 0 Å². The summed E-state index contributed by atoms with van der Waals surface area (Å²) >= 11 is 3.35. The van der Waals surface area contributed by atoms with Crippen LogP contribution in [0.2, 0.25) is 0 Å². The van der Waals surface area contributed by atoms with Crippen molar-refractivity contribution in [2.24, 2.45) is 0 Å². The van der Waals surface area contributed by atoms with Crippen molar-refractivity contribution in [2.75, 3.05) is 6.54 Å². The first-order chi connectivity index (χ1) is 11.3. The molecule has 1 fully saturated rings. The number of carbonyl (C=O) groups excluding carboxylic acids is 2. The Labute approximate surface area is 147 Å². The molecule has 0 aromatic heterocycles. The molecule has 24 heavy (non-hydrogen) atoms. The molecule has 1 aromatic rings. The standard InChI is InChI=1S/C16H19BrN2O5/c1-9(20)19-8-11(21)7-14(19)15(22)18-13(16(23)24)6-10-4-2-3-5-12(10)17/h2-5,11,13-14,21H,6-8H2,1H3,(H,18,22)(H,23,24)/t11-,13-,14+/m1/s1. The number of halogens is 1. The van der Waals surface area contributed by atoms with E-state index in [-0.39, 0.29) is 25.3 Å². The number of nitrogens with one attached hydrogen (secondary N) is 1. The maximum Gasteiger partial charge on any atom is 0.326 e. The number of benzene rings is 1. The van der Waals surface area contributed by atoms with Crippen LogP contribution in [-0.4, -0.2) is 57.6 Å². The summed E-state index contributed by atoms with van der Waals surface area (Å²) in [6.07, 6.45) is -0.568. The Morgan fingerprint density at radius 2 is 2.04 bits per heavy atom. The third-order valence-corrected chi connectivity index (χ3v) is 4.76. The normalized spacial score (nSPS) is 21.4. The molecule has 130 valence electrons. The summed E-state index contributed by atoms with van der Waals surface area (Å²) in [6, 6.07) is 5.19. The van der Waals surface area contributed by atoms with Crippen molar-refractivity contribution in [1.82, 2.24) is 10.2 Å². The molecule has 1 aliphatic rings. The fraction of sp³-hybridized carbons (Fsp3) is 0.438. The van der Waals surface area contributed by atoms with E-state index in [2.05, 4.69) is 21.2 Å². The quantitative estimate of drug-likeness (QED) is 0.670. The van der Waals surface area contributed by atoms with Gasteiger partial charge >= 0.3 is 5.97 Å². The van der Waals surface area contributed by atoms with E-state index >= 15 is 0 Å². The molecule has 2 rings (SSSR count). The zero-order valence-electron chi connectivity index (χ0n) is 13.1. The fourth-order valence-corrected chi connectivity index (χ4v) is 3.21. The Morgan fingerprint density at radius 1 is 1.38 bits per heavy atom. The van der Waals surface area contributed by atoms with Gasteiger partial charge in [-0.25, -0.2) is 4.79 Å². The molecule has 0 saturated carbocycles. The first-order valence-electron chi connectivity index (χ1n) is 7.51. The fourth-order valence-electron chi connectivity index (χ4n) is 2.76. The van der Waals surface area contributed by atoms with E-state index in [1.807, 2.05) is 6.07 Å². The highest BCUT2D eigenvalue weighted by molar-refractivity contribution is 9.10. The maximum absolute atomic E-state index is 12.4. The molecule has 0 radical (unpaired) electrons. The van der Waals surface area contributed by atoms with Gasteiger partial charge in [-0.2, -0.15) is 0 Å². The lowest BCUT2D eigenvalue weighted by Crippen LogP contribution is -2.51. The van der Waals surface area contributed by atoms with E-state index in [4.69, 9.17) is 0 Å². The molecule has 0 bridgehead atoms. The second-order valence-corrected chi connectivity index (χ2v) is 6.63. The Morgan fingerprint density at radius 3 is 2.62 bits per heavy atom. The number of β-amino-alcohol motifs (C(OH)–C–C–N with tert-alkyl or cyclic N) is 1. The Kier molecular flexibility index (Phi) is 5.95. The van der Waals surface area contributed by atoms with E-state index < -0.39 is 30.1 Å². The van der Waals surface area contributed by atoms with Crippen molar-refractivity contribution in [3.8, 4) is 0 Å². The van der Waals surface area contributed by atoms with E-state index in [9.17, 15) is 24.6 Å². The lowest BCUT2D eigenvalue weighted by molar-refractivity contribution is -0.143. The molecule has 1 heterocycles. The molecule has 0 aliphatic carbocycles. The average Bonchev–Trinajstić information content (AvgIpc) is 2.91. The van der Waals surface area contributed by atoms with E-state index in [1.165, 1.54) is 11.8 Å². The maximum atomic E-state index is 12.4. The zero-order chi connectivity index (χ0) is 17.9. The van der Waals surface area contributed by atoms with Gasteiger partial charge in [0.05, 0.1) is 6.10 Å². The number of aliphatic hydroxyl groups is 1. The van der Waals surface area contributed by atoms with Crippen molar-refractivity contribution < 1.29 is 24.6 Å². The largest absolute Gasteiger partial charge is 0.480 e. The molecule has 3 N–H and O–H groups in total. The molecular formula is C16H19BrN2O5. The number of carbonyl (C=O) groups is 3. The second kappa shape index (κ2) is 7.76. The second-order valence-electron chi connectivity index (χ2n) is 5.77. The third kappa shape index (κ3) is 4.33. The predicted octanol–water partition coefficient (Wildman–Crippen LogP) is 0.543. The van der Waals surface area contributed by atoms with Gasteiger partial charge in [-0.05, 0) is 11.6 Å². The van der Waals surface area contributed by atoms with E-state index in [0.29, 0.717) is 0 Å². The van der Waals surface area contributed by atoms with Gasteiger partial charge in [-0.15, -0.1) is 0 Å². The minimum atomic E-state index is -1.16. The highest BCUT2D eigenvalue weighted by Gasteiger charge is 2.38. The minimum absolute atomic E-state index is 0.0788. The number of carboxylic acids is 1. The van der Waals surface area contributed by atoms with Crippen molar-refractivity contribution in [3.05, 3.63) is 34.3 Å². The minimum Gasteiger partial charge on any atom is -0.480 e.